The molecular weight excluding hydrogens is 693 g/mol. The van der Waals surface area contributed by atoms with Gasteiger partial charge < -0.3 is 18.9 Å². The number of esters is 1. The van der Waals surface area contributed by atoms with E-state index in [9.17, 15) is 9.59 Å². The molecule has 0 saturated heterocycles. The number of ketones is 1. The Morgan fingerprint density at radius 1 is 0.655 bits per heavy atom. The molecule has 8 nitrogen and oxygen atoms in total. The van der Waals surface area contributed by atoms with Crippen LogP contribution in [0.5, 0.6) is 11.5 Å². The smallest absolute Gasteiger partial charge is 0.338 e. The van der Waals surface area contributed by atoms with Crippen LogP contribution in [-0.2, 0) is 25.7 Å². The lowest BCUT2D eigenvalue weighted by Gasteiger charge is -2.28. The molecule has 5 aromatic carbocycles. The fourth-order valence-corrected chi connectivity index (χ4v) is 6.29. The molecule has 282 valence electrons. The number of rotatable bonds is 21. The van der Waals surface area contributed by atoms with Crippen molar-refractivity contribution in [3.63, 3.8) is 0 Å². The van der Waals surface area contributed by atoms with Crippen molar-refractivity contribution in [1.29, 1.82) is 0 Å². The second-order valence-corrected chi connectivity index (χ2v) is 13.1. The van der Waals surface area contributed by atoms with E-state index in [1.807, 2.05) is 127 Å². The second kappa shape index (κ2) is 20.6. The second-order valence-electron chi connectivity index (χ2n) is 13.1. The zero-order chi connectivity index (χ0) is 38.1. The molecule has 0 spiro atoms. The van der Waals surface area contributed by atoms with E-state index in [1.165, 1.54) is 0 Å². The van der Waals surface area contributed by atoms with Gasteiger partial charge in [-0.15, -0.1) is 6.58 Å². The summed E-state index contributed by atoms with van der Waals surface area (Å²) in [5.74, 6) is 0.916. The number of Topliss-reactive ketones (excluding diaryl/α,β-unsaturated/α-hetero) is 1. The van der Waals surface area contributed by atoms with Gasteiger partial charge in [0.25, 0.3) is 0 Å². The number of hydrogen-bond acceptors (Lipinski definition) is 8. The number of hydrogen-bond donors (Lipinski definition) is 0. The number of benzene rings is 5. The molecule has 6 rings (SSSR count). The van der Waals surface area contributed by atoms with E-state index in [0.717, 1.165) is 64.8 Å². The first-order valence-electron chi connectivity index (χ1n) is 18.7. The lowest BCUT2D eigenvalue weighted by atomic mass is 9.97. The molecule has 0 aliphatic heterocycles. The molecule has 1 aliphatic rings. The van der Waals surface area contributed by atoms with Crippen molar-refractivity contribution in [2.75, 3.05) is 26.6 Å². The average molecular weight is 739 g/mol. The number of carbonyl (C=O) groups excluding carboxylic acids is 2. The van der Waals surface area contributed by atoms with Crippen LogP contribution in [0.1, 0.15) is 80.9 Å². The first kappa shape index (κ1) is 38.9. The summed E-state index contributed by atoms with van der Waals surface area (Å²) in [6, 6.07) is 41.4. The van der Waals surface area contributed by atoms with Crippen molar-refractivity contribution in [1.82, 2.24) is 0 Å². The van der Waals surface area contributed by atoms with E-state index in [1.54, 1.807) is 18.2 Å². The lowest BCUT2D eigenvalue weighted by molar-refractivity contribution is -0.286. The molecule has 55 heavy (non-hydrogen) atoms. The molecular formula is C47H46O8. The highest BCUT2D eigenvalue weighted by molar-refractivity contribution is 6.15. The molecule has 0 saturated carbocycles. The predicted octanol–water partition coefficient (Wildman–Crippen LogP) is 10.3. The molecule has 0 radical (unpaired) electrons. The molecule has 1 aliphatic carbocycles. The SMILES string of the molecule is C=CCOOCCCCCCOc1ccc(OCO[C@@H](c2ccccc2)[C@@H](OC(=O)c2ccc(/C=C3/Cc4ccccc4C3=O)cc2)c2ccccc2)cc1. The van der Waals surface area contributed by atoms with Gasteiger partial charge in [0, 0.05) is 17.6 Å². The molecule has 0 aromatic heterocycles. The van der Waals surface area contributed by atoms with Crippen LogP contribution < -0.4 is 9.47 Å². The standard InChI is InChI=1S/C47H46O8/c1-2-29-53-54-31-14-4-3-13-30-50-41-25-27-42(28-26-41)51-34-52-45(36-15-7-5-8-16-36)46(37-17-9-6-10-18-37)55-47(49)38-23-21-35(22-24-38)32-40-33-39-19-11-12-20-43(39)44(40)48/h2,5-12,15-28,32,45-46H,1,3-4,13-14,29-31,33-34H2/b40-32-/t45-,46-/m0/s1. The molecule has 0 heterocycles. The van der Waals surface area contributed by atoms with Gasteiger partial charge in [-0.1, -0.05) is 110 Å². The maximum Gasteiger partial charge on any atom is 0.338 e. The van der Waals surface area contributed by atoms with E-state index in [4.69, 9.17) is 28.7 Å². The fourth-order valence-electron chi connectivity index (χ4n) is 6.29. The van der Waals surface area contributed by atoms with Crippen molar-refractivity contribution in [2.45, 2.75) is 44.3 Å². The van der Waals surface area contributed by atoms with Crippen LogP contribution in [0.3, 0.4) is 0 Å². The third-order valence-corrected chi connectivity index (χ3v) is 9.14. The number of unbranched alkanes of at least 4 members (excludes halogenated alkanes) is 3. The summed E-state index contributed by atoms with van der Waals surface area (Å²) >= 11 is 0. The molecule has 0 bridgehead atoms. The third-order valence-electron chi connectivity index (χ3n) is 9.14. The summed E-state index contributed by atoms with van der Waals surface area (Å²) < 4.78 is 24.6. The van der Waals surface area contributed by atoms with Crippen LogP contribution >= 0.6 is 0 Å². The van der Waals surface area contributed by atoms with E-state index in [2.05, 4.69) is 6.58 Å². The lowest BCUT2D eigenvalue weighted by Crippen LogP contribution is -2.22. The molecule has 5 aromatic rings. The number of carbonyl (C=O) groups is 2. The van der Waals surface area contributed by atoms with Crippen LogP contribution in [0, 0.1) is 0 Å². The Morgan fingerprint density at radius 2 is 1.27 bits per heavy atom. The van der Waals surface area contributed by atoms with Gasteiger partial charge in [0.05, 0.1) is 18.8 Å². The molecule has 0 N–H and O–H groups in total. The van der Waals surface area contributed by atoms with E-state index in [-0.39, 0.29) is 12.6 Å². The topological polar surface area (TPSA) is 89.5 Å². The highest BCUT2D eigenvalue weighted by Gasteiger charge is 2.30. The van der Waals surface area contributed by atoms with Crippen molar-refractivity contribution in [3.8, 4) is 11.5 Å². The van der Waals surface area contributed by atoms with Crippen molar-refractivity contribution < 1.29 is 38.3 Å². The van der Waals surface area contributed by atoms with Gasteiger partial charge in [-0.25, -0.2) is 14.6 Å². The summed E-state index contributed by atoms with van der Waals surface area (Å²) in [4.78, 5) is 36.6. The minimum atomic E-state index is -0.787. The van der Waals surface area contributed by atoms with E-state index < -0.39 is 18.2 Å². The number of fused-ring (bicyclic) bond motifs is 1. The quantitative estimate of drug-likeness (QED) is 0.0140. The van der Waals surface area contributed by atoms with Gasteiger partial charge in [0.15, 0.2) is 18.7 Å². The van der Waals surface area contributed by atoms with Crippen molar-refractivity contribution >= 4 is 17.8 Å². The minimum absolute atomic E-state index is 0.0401. The predicted molar refractivity (Wildman–Crippen MR) is 212 cm³/mol. The molecule has 0 fully saturated rings. The normalized spacial score (nSPS) is 13.9. The Morgan fingerprint density at radius 3 is 1.95 bits per heavy atom. The largest absolute Gasteiger partial charge is 0.494 e. The molecule has 2 atom stereocenters. The minimum Gasteiger partial charge on any atom is -0.494 e. The first-order chi connectivity index (χ1) is 27.1. The molecule has 0 amide bonds. The van der Waals surface area contributed by atoms with Gasteiger partial charge in [-0.3, -0.25) is 4.79 Å². The zero-order valence-electron chi connectivity index (χ0n) is 30.8. The van der Waals surface area contributed by atoms with Crippen LogP contribution in [0.2, 0.25) is 0 Å². The first-order valence-corrected chi connectivity index (χ1v) is 18.7. The van der Waals surface area contributed by atoms with Crippen LogP contribution in [0.4, 0.5) is 0 Å². The average Bonchev–Trinajstić information content (AvgIpc) is 3.55. The molecule has 0 unspecified atom stereocenters. The number of ether oxygens (including phenoxy) is 4. The van der Waals surface area contributed by atoms with Crippen LogP contribution in [-0.4, -0.2) is 38.4 Å². The summed E-state index contributed by atoms with van der Waals surface area (Å²) in [5, 5.41) is 0. The Bertz CT molecular complexity index is 1990. The summed E-state index contributed by atoms with van der Waals surface area (Å²) in [6.45, 7) is 5.08. The molecule has 8 heteroatoms. The Kier molecular flexibility index (Phi) is 14.6. The Labute approximate surface area is 322 Å². The highest BCUT2D eigenvalue weighted by atomic mass is 17.2. The third kappa shape index (κ3) is 11.4. The van der Waals surface area contributed by atoms with Gasteiger partial charge in [0.2, 0.25) is 0 Å². The van der Waals surface area contributed by atoms with Gasteiger partial charge in [-0.2, -0.15) is 0 Å². The van der Waals surface area contributed by atoms with Crippen molar-refractivity contribution in [3.05, 3.63) is 185 Å². The maximum atomic E-state index is 13.7. The summed E-state index contributed by atoms with van der Waals surface area (Å²) in [6.07, 6.45) is 6.60. The van der Waals surface area contributed by atoms with Crippen LogP contribution in [0.15, 0.2) is 152 Å². The van der Waals surface area contributed by atoms with Gasteiger partial charge in [0.1, 0.15) is 24.2 Å². The van der Waals surface area contributed by atoms with E-state index in [0.29, 0.717) is 37.6 Å². The summed E-state index contributed by atoms with van der Waals surface area (Å²) in [5.41, 5.74) is 5.32. The summed E-state index contributed by atoms with van der Waals surface area (Å²) in [7, 11) is 0. The van der Waals surface area contributed by atoms with E-state index >= 15 is 0 Å². The Hall–Kier alpha value is -5.80. The van der Waals surface area contributed by atoms with Crippen molar-refractivity contribution in [2.24, 2.45) is 0 Å². The van der Waals surface area contributed by atoms with Gasteiger partial charge >= 0.3 is 5.97 Å². The maximum absolute atomic E-state index is 13.7. The Balaban J connectivity index is 1.06. The van der Waals surface area contributed by atoms with Crippen LogP contribution in [0.25, 0.3) is 6.08 Å². The highest BCUT2D eigenvalue weighted by Crippen LogP contribution is 2.36. The fraction of sp³-hybridized carbons (Fsp3) is 0.234. The number of allylic oxidation sites excluding steroid dienone is 1. The zero-order valence-corrected chi connectivity index (χ0v) is 30.8. The monoisotopic (exact) mass is 738 g/mol. The van der Waals surface area contributed by atoms with Gasteiger partial charge in [-0.05, 0) is 84.0 Å².